The normalized spacial score (nSPS) is 19.0. The van der Waals surface area contributed by atoms with Crippen LogP contribution in [0.25, 0.3) is 0 Å². The lowest BCUT2D eigenvalue weighted by atomic mass is 10.0. The van der Waals surface area contributed by atoms with Crippen LogP contribution in [0.2, 0.25) is 0 Å². The van der Waals surface area contributed by atoms with E-state index in [1.54, 1.807) is 34.6 Å². The molecule has 8 nitrogen and oxygen atoms in total. The molecule has 2 amide bonds. The molecule has 1 saturated heterocycles. The molecule has 0 radical (unpaired) electrons. The Morgan fingerprint density at radius 2 is 1.78 bits per heavy atom. The molecule has 0 aliphatic carbocycles. The Labute approximate surface area is 136 Å². The average Bonchev–Trinajstić information content (AvgIpc) is 2.43. The lowest BCUT2D eigenvalue weighted by molar-refractivity contribution is -0.147. The Morgan fingerprint density at radius 1 is 1.17 bits per heavy atom. The number of methoxy groups -OCH3 is 1. The number of carbonyl (C=O) groups is 3. The van der Waals surface area contributed by atoms with Crippen LogP contribution < -0.4 is 10.6 Å². The largest absolute Gasteiger partial charge is 0.468 e. The van der Waals surface area contributed by atoms with E-state index < -0.39 is 29.2 Å². The van der Waals surface area contributed by atoms with Crippen molar-refractivity contribution in [2.24, 2.45) is 0 Å². The van der Waals surface area contributed by atoms with Crippen molar-refractivity contribution in [1.29, 1.82) is 0 Å². The fourth-order valence-electron chi connectivity index (χ4n) is 2.24. The molecule has 1 aliphatic heterocycles. The Balaban J connectivity index is 2.70. The van der Waals surface area contributed by atoms with Gasteiger partial charge in [0.15, 0.2) is 0 Å². The van der Waals surface area contributed by atoms with Gasteiger partial charge in [0.1, 0.15) is 17.2 Å². The van der Waals surface area contributed by atoms with Crippen LogP contribution >= 0.6 is 0 Å². The zero-order valence-electron chi connectivity index (χ0n) is 14.7. The van der Waals surface area contributed by atoms with E-state index in [4.69, 9.17) is 9.47 Å². The Bertz CT molecular complexity index is 470. The van der Waals surface area contributed by atoms with Gasteiger partial charge in [-0.3, -0.25) is 9.59 Å². The smallest absolute Gasteiger partial charge is 0.408 e. The van der Waals surface area contributed by atoms with Gasteiger partial charge in [0.25, 0.3) is 0 Å². The van der Waals surface area contributed by atoms with Crippen LogP contribution in [0.15, 0.2) is 0 Å². The van der Waals surface area contributed by atoms with E-state index in [9.17, 15) is 14.4 Å². The zero-order chi connectivity index (χ0) is 17.8. The summed E-state index contributed by atoms with van der Waals surface area (Å²) >= 11 is 0. The molecule has 132 valence electrons. The number of amides is 2. The van der Waals surface area contributed by atoms with Gasteiger partial charge in [0.05, 0.1) is 7.11 Å². The van der Waals surface area contributed by atoms with Crippen molar-refractivity contribution in [3.8, 4) is 0 Å². The van der Waals surface area contributed by atoms with E-state index in [0.29, 0.717) is 13.1 Å². The molecule has 1 heterocycles. The summed E-state index contributed by atoms with van der Waals surface area (Å²) in [6.45, 7) is 9.59. The lowest BCUT2D eigenvalue weighted by Gasteiger charge is -2.37. The molecule has 1 aliphatic rings. The number of ether oxygens (including phenoxy) is 2. The van der Waals surface area contributed by atoms with Crippen LogP contribution in [0.1, 0.15) is 34.6 Å². The van der Waals surface area contributed by atoms with Gasteiger partial charge in [-0.15, -0.1) is 0 Å². The lowest BCUT2D eigenvalue weighted by Crippen LogP contribution is -2.63. The monoisotopic (exact) mass is 329 g/mol. The SMILES string of the molecule is COC(=O)[C@@H]1CN(C(=O)C(C)(C)NC(=O)OC(C)(C)C)CCN1. The molecule has 0 aromatic rings. The van der Waals surface area contributed by atoms with E-state index in [-0.39, 0.29) is 12.5 Å². The molecular formula is C15H27N3O5. The molecule has 1 fully saturated rings. The Morgan fingerprint density at radius 3 is 2.30 bits per heavy atom. The molecule has 23 heavy (non-hydrogen) atoms. The van der Waals surface area contributed by atoms with E-state index in [0.717, 1.165) is 0 Å². The molecule has 0 saturated carbocycles. The van der Waals surface area contributed by atoms with Gasteiger partial charge < -0.3 is 25.0 Å². The highest BCUT2D eigenvalue weighted by Crippen LogP contribution is 2.13. The maximum absolute atomic E-state index is 12.7. The predicted molar refractivity (Wildman–Crippen MR) is 83.8 cm³/mol. The Kier molecular flexibility index (Phi) is 5.98. The van der Waals surface area contributed by atoms with Gasteiger partial charge in [0, 0.05) is 19.6 Å². The second kappa shape index (κ2) is 7.16. The minimum atomic E-state index is -1.14. The number of alkyl carbamates (subject to hydrolysis) is 1. The fourth-order valence-corrected chi connectivity index (χ4v) is 2.24. The van der Waals surface area contributed by atoms with Crippen LogP contribution in [-0.2, 0) is 19.1 Å². The summed E-state index contributed by atoms with van der Waals surface area (Å²) < 4.78 is 9.87. The molecule has 0 spiro atoms. The maximum atomic E-state index is 12.7. The number of esters is 1. The summed E-state index contributed by atoms with van der Waals surface area (Å²) in [6, 6.07) is -0.560. The predicted octanol–water partition coefficient (Wildman–Crippen LogP) is 0.263. The first kappa shape index (κ1) is 19.2. The average molecular weight is 329 g/mol. The van der Waals surface area contributed by atoms with Crippen LogP contribution in [0, 0.1) is 0 Å². The number of hydrogen-bond donors (Lipinski definition) is 2. The number of hydrogen-bond acceptors (Lipinski definition) is 6. The molecular weight excluding hydrogens is 302 g/mol. The molecule has 0 bridgehead atoms. The van der Waals surface area contributed by atoms with Gasteiger partial charge in [0.2, 0.25) is 5.91 Å². The van der Waals surface area contributed by atoms with Gasteiger partial charge in [-0.1, -0.05) is 0 Å². The molecule has 0 aromatic carbocycles. The second-order valence-corrected chi connectivity index (χ2v) is 7.03. The summed E-state index contributed by atoms with van der Waals surface area (Å²) in [6.07, 6.45) is -0.657. The molecule has 0 unspecified atom stereocenters. The number of nitrogens with zero attached hydrogens (tertiary/aromatic N) is 1. The third-order valence-electron chi connectivity index (χ3n) is 3.30. The molecule has 1 atom stereocenters. The first-order valence-corrected chi connectivity index (χ1v) is 7.58. The standard InChI is InChI=1S/C15H27N3O5/c1-14(2,3)23-13(21)17-15(4,5)12(20)18-8-7-16-10(9-18)11(19)22-6/h10,16H,7-9H2,1-6H3,(H,17,21)/t10-/m0/s1. The van der Waals surface area contributed by atoms with E-state index in [2.05, 4.69) is 10.6 Å². The third-order valence-corrected chi connectivity index (χ3v) is 3.30. The highest BCUT2D eigenvalue weighted by molar-refractivity contribution is 5.90. The first-order chi connectivity index (χ1) is 10.5. The van der Waals surface area contributed by atoms with Gasteiger partial charge in [-0.2, -0.15) is 0 Å². The van der Waals surface area contributed by atoms with Gasteiger partial charge in [-0.25, -0.2) is 4.79 Å². The highest BCUT2D eigenvalue weighted by atomic mass is 16.6. The van der Waals surface area contributed by atoms with Crippen molar-refractivity contribution in [3.63, 3.8) is 0 Å². The number of rotatable bonds is 3. The van der Waals surface area contributed by atoms with Crippen molar-refractivity contribution in [3.05, 3.63) is 0 Å². The zero-order valence-corrected chi connectivity index (χ0v) is 14.7. The van der Waals surface area contributed by atoms with Gasteiger partial charge >= 0.3 is 12.1 Å². The summed E-state index contributed by atoms with van der Waals surface area (Å²) in [7, 11) is 1.30. The van der Waals surface area contributed by atoms with Crippen molar-refractivity contribution in [2.75, 3.05) is 26.7 Å². The second-order valence-electron chi connectivity index (χ2n) is 7.03. The van der Waals surface area contributed by atoms with Crippen LogP contribution in [-0.4, -0.2) is 66.8 Å². The minimum Gasteiger partial charge on any atom is -0.468 e. The fraction of sp³-hybridized carbons (Fsp3) is 0.800. The Hall–Kier alpha value is -1.83. The van der Waals surface area contributed by atoms with Crippen molar-refractivity contribution in [2.45, 2.75) is 51.8 Å². The topological polar surface area (TPSA) is 97.0 Å². The minimum absolute atomic E-state index is 0.199. The van der Waals surface area contributed by atoms with Crippen LogP contribution in [0.5, 0.6) is 0 Å². The molecule has 1 rings (SSSR count). The van der Waals surface area contributed by atoms with E-state index in [1.807, 2.05) is 0 Å². The first-order valence-electron chi connectivity index (χ1n) is 7.58. The van der Waals surface area contributed by atoms with Crippen LogP contribution in [0.3, 0.4) is 0 Å². The maximum Gasteiger partial charge on any atom is 0.408 e. The van der Waals surface area contributed by atoms with Crippen molar-refractivity contribution >= 4 is 18.0 Å². The molecule has 0 aromatic heterocycles. The molecule has 8 heteroatoms. The summed E-state index contributed by atoms with van der Waals surface area (Å²) in [5.74, 6) is -0.695. The number of carbonyl (C=O) groups excluding carboxylic acids is 3. The highest BCUT2D eigenvalue weighted by Gasteiger charge is 2.38. The summed E-state index contributed by atoms with van der Waals surface area (Å²) in [5, 5.41) is 5.58. The summed E-state index contributed by atoms with van der Waals surface area (Å²) in [5.41, 5.74) is -1.78. The van der Waals surface area contributed by atoms with Crippen LogP contribution in [0.4, 0.5) is 4.79 Å². The quantitative estimate of drug-likeness (QED) is 0.721. The van der Waals surface area contributed by atoms with E-state index >= 15 is 0 Å². The van der Waals surface area contributed by atoms with E-state index in [1.165, 1.54) is 12.0 Å². The van der Waals surface area contributed by atoms with Gasteiger partial charge in [-0.05, 0) is 34.6 Å². The van der Waals surface area contributed by atoms with Crippen molar-refractivity contribution in [1.82, 2.24) is 15.5 Å². The molecule has 2 N–H and O–H groups in total. The number of nitrogens with one attached hydrogen (secondary N) is 2. The summed E-state index contributed by atoms with van der Waals surface area (Å²) in [4.78, 5) is 37.7. The number of piperazine rings is 1. The third kappa shape index (κ3) is 5.70. The van der Waals surface area contributed by atoms with Crippen molar-refractivity contribution < 1.29 is 23.9 Å².